The Kier molecular flexibility index (Phi) is 9.47. The Morgan fingerprint density at radius 3 is 1.72 bits per heavy atom. The number of rotatable bonds is 10. The van der Waals surface area contributed by atoms with Crippen molar-refractivity contribution in [3.8, 4) is 0 Å². The summed E-state index contributed by atoms with van der Waals surface area (Å²) in [4.78, 5) is 0. The van der Waals surface area contributed by atoms with Crippen LogP contribution in [0, 0.1) is 0 Å². The predicted molar refractivity (Wildman–Crippen MR) is 87.0 cm³/mol. The van der Waals surface area contributed by atoms with Crippen LogP contribution < -0.4 is 0 Å². The van der Waals surface area contributed by atoms with E-state index in [4.69, 9.17) is 9.47 Å². The monoisotopic (exact) mass is 290 g/mol. The molecular formula is C14H34O2Si2. The average Bonchev–Trinajstić information content (AvgIpc) is 2.26. The maximum Gasteiger partial charge on any atom is 0.135 e. The molecule has 4 heteroatoms. The van der Waals surface area contributed by atoms with Gasteiger partial charge in [-0.25, -0.2) is 0 Å². The van der Waals surface area contributed by atoms with E-state index >= 15 is 0 Å². The molecule has 110 valence electrons. The van der Waals surface area contributed by atoms with Gasteiger partial charge in [0.25, 0.3) is 0 Å². The molecule has 0 aliphatic rings. The minimum Gasteiger partial charge on any atom is -0.354 e. The van der Waals surface area contributed by atoms with Gasteiger partial charge in [-0.3, -0.25) is 0 Å². The van der Waals surface area contributed by atoms with Gasteiger partial charge in [-0.1, -0.05) is 45.6 Å². The fourth-order valence-electron chi connectivity index (χ4n) is 1.68. The van der Waals surface area contributed by atoms with Gasteiger partial charge >= 0.3 is 0 Å². The number of hydrogen-bond donors (Lipinski definition) is 0. The molecule has 0 N–H and O–H groups in total. The van der Waals surface area contributed by atoms with E-state index in [1.165, 1.54) is 12.1 Å². The Morgan fingerprint density at radius 2 is 1.39 bits per heavy atom. The molecule has 0 radical (unpaired) electrons. The van der Waals surface area contributed by atoms with Crippen LogP contribution in [0.4, 0.5) is 0 Å². The first-order valence-corrected chi connectivity index (χ1v) is 13.1. The lowest BCUT2D eigenvalue weighted by atomic mass is 10.3. The Balaban J connectivity index is 4.12. The first-order valence-electron chi connectivity index (χ1n) is 7.59. The SMILES string of the molecule is CCC(C)OC(OC(C)CC)[SiH2]CC[Si](C)(C)C. The van der Waals surface area contributed by atoms with Crippen LogP contribution in [0.2, 0.25) is 31.7 Å². The van der Waals surface area contributed by atoms with Gasteiger partial charge in [0.1, 0.15) is 5.91 Å². The van der Waals surface area contributed by atoms with Gasteiger partial charge in [0, 0.05) is 8.07 Å². The fourth-order valence-corrected chi connectivity index (χ4v) is 8.00. The van der Waals surface area contributed by atoms with Crippen molar-refractivity contribution < 1.29 is 9.47 Å². The van der Waals surface area contributed by atoms with Crippen molar-refractivity contribution in [1.82, 2.24) is 0 Å². The van der Waals surface area contributed by atoms with E-state index in [1.54, 1.807) is 0 Å². The van der Waals surface area contributed by atoms with Crippen molar-refractivity contribution in [3.63, 3.8) is 0 Å². The third-order valence-electron chi connectivity index (χ3n) is 3.28. The van der Waals surface area contributed by atoms with Crippen LogP contribution >= 0.6 is 0 Å². The molecule has 0 heterocycles. The Labute approximate surface area is 118 Å². The van der Waals surface area contributed by atoms with E-state index in [9.17, 15) is 0 Å². The van der Waals surface area contributed by atoms with Crippen molar-refractivity contribution in [2.24, 2.45) is 0 Å². The topological polar surface area (TPSA) is 18.5 Å². The van der Waals surface area contributed by atoms with Gasteiger partial charge in [-0.2, -0.15) is 0 Å². The molecule has 0 saturated heterocycles. The Hall–Kier alpha value is 0.354. The lowest BCUT2D eigenvalue weighted by molar-refractivity contribution is -0.143. The third-order valence-corrected chi connectivity index (χ3v) is 7.46. The van der Waals surface area contributed by atoms with E-state index < -0.39 is 8.07 Å². The molecule has 0 aromatic carbocycles. The van der Waals surface area contributed by atoms with E-state index in [1.807, 2.05) is 0 Å². The van der Waals surface area contributed by atoms with Crippen LogP contribution in [0.5, 0.6) is 0 Å². The summed E-state index contributed by atoms with van der Waals surface area (Å²) in [5.74, 6) is 0.131. The molecular weight excluding hydrogens is 256 g/mol. The summed E-state index contributed by atoms with van der Waals surface area (Å²) in [7, 11) is -1.17. The van der Waals surface area contributed by atoms with Gasteiger partial charge in [0.05, 0.1) is 21.7 Å². The van der Waals surface area contributed by atoms with Gasteiger partial charge in [-0.05, 0) is 26.7 Å². The molecule has 0 aromatic rings. The summed E-state index contributed by atoms with van der Waals surface area (Å²) in [6.07, 6.45) is 2.81. The number of hydrogen-bond acceptors (Lipinski definition) is 2. The molecule has 0 fully saturated rings. The van der Waals surface area contributed by atoms with Gasteiger partial charge in [0.15, 0.2) is 0 Å². The summed E-state index contributed by atoms with van der Waals surface area (Å²) in [5, 5.41) is 0. The molecule has 18 heavy (non-hydrogen) atoms. The Bertz CT molecular complexity index is 192. The number of ether oxygens (including phenoxy) is 2. The van der Waals surface area contributed by atoms with E-state index in [-0.39, 0.29) is 15.4 Å². The van der Waals surface area contributed by atoms with E-state index in [2.05, 4.69) is 47.3 Å². The largest absolute Gasteiger partial charge is 0.354 e. The predicted octanol–water partition coefficient (Wildman–Crippen LogP) is 3.83. The summed E-state index contributed by atoms with van der Waals surface area (Å²) in [6.45, 7) is 16.0. The first-order chi connectivity index (χ1) is 8.28. The second kappa shape index (κ2) is 9.29. The molecule has 0 aromatic heterocycles. The lowest BCUT2D eigenvalue weighted by Gasteiger charge is -2.26. The molecule has 2 nitrogen and oxygen atoms in total. The quantitative estimate of drug-likeness (QED) is 0.450. The molecule has 0 aliphatic heterocycles. The van der Waals surface area contributed by atoms with Crippen LogP contribution in [-0.2, 0) is 9.47 Å². The van der Waals surface area contributed by atoms with Crippen LogP contribution in [0.3, 0.4) is 0 Å². The van der Waals surface area contributed by atoms with Crippen LogP contribution in [0.15, 0.2) is 0 Å². The average molecular weight is 291 g/mol. The molecule has 0 saturated carbocycles. The zero-order chi connectivity index (χ0) is 14.2. The molecule has 0 amide bonds. The fraction of sp³-hybridized carbons (Fsp3) is 1.00. The highest BCUT2D eigenvalue weighted by molar-refractivity contribution is 6.76. The Morgan fingerprint density at radius 1 is 0.944 bits per heavy atom. The molecule has 0 spiro atoms. The van der Waals surface area contributed by atoms with Gasteiger partial charge < -0.3 is 9.47 Å². The summed E-state index contributed by atoms with van der Waals surface area (Å²) >= 11 is 0. The minimum atomic E-state index is -0.897. The zero-order valence-corrected chi connectivity index (χ0v) is 16.0. The molecule has 0 bridgehead atoms. The summed E-state index contributed by atoms with van der Waals surface area (Å²) in [5.41, 5.74) is 0. The minimum absolute atomic E-state index is 0.131. The van der Waals surface area contributed by atoms with Crippen LogP contribution in [-0.4, -0.2) is 35.7 Å². The van der Waals surface area contributed by atoms with Crippen molar-refractivity contribution in [2.45, 2.75) is 90.4 Å². The standard InChI is InChI=1S/C14H34O2Si2/c1-8-12(3)15-14(16-13(4)9-2)17-10-11-18(5,6)7/h12-14H,8-11,17H2,1-7H3. The second-order valence-electron chi connectivity index (χ2n) is 6.59. The van der Waals surface area contributed by atoms with E-state index in [0.717, 1.165) is 12.8 Å². The normalized spacial score (nSPS) is 18.2. The van der Waals surface area contributed by atoms with Crippen molar-refractivity contribution >= 4 is 17.6 Å². The first kappa shape index (κ1) is 18.4. The van der Waals surface area contributed by atoms with Crippen molar-refractivity contribution in [2.75, 3.05) is 0 Å². The summed E-state index contributed by atoms with van der Waals surface area (Å²) < 4.78 is 12.1. The van der Waals surface area contributed by atoms with Gasteiger partial charge in [-0.15, -0.1) is 0 Å². The molecule has 0 rings (SSSR count). The van der Waals surface area contributed by atoms with E-state index in [0.29, 0.717) is 12.2 Å². The zero-order valence-electron chi connectivity index (χ0n) is 13.6. The highest BCUT2D eigenvalue weighted by atomic mass is 28.3. The van der Waals surface area contributed by atoms with Gasteiger partial charge in [0.2, 0.25) is 0 Å². The molecule has 0 aliphatic carbocycles. The second-order valence-corrected chi connectivity index (χ2v) is 14.2. The highest BCUT2D eigenvalue weighted by Crippen LogP contribution is 2.14. The maximum atomic E-state index is 6.04. The lowest BCUT2D eigenvalue weighted by Crippen LogP contribution is -2.32. The highest BCUT2D eigenvalue weighted by Gasteiger charge is 2.18. The van der Waals surface area contributed by atoms with Crippen LogP contribution in [0.1, 0.15) is 40.5 Å². The molecule has 2 unspecified atom stereocenters. The van der Waals surface area contributed by atoms with Crippen molar-refractivity contribution in [1.29, 1.82) is 0 Å². The smallest absolute Gasteiger partial charge is 0.135 e. The third kappa shape index (κ3) is 10.3. The molecule has 2 atom stereocenters. The summed E-state index contributed by atoms with van der Waals surface area (Å²) in [6, 6.07) is 2.79. The van der Waals surface area contributed by atoms with Crippen molar-refractivity contribution in [3.05, 3.63) is 0 Å². The van der Waals surface area contributed by atoms with Crippen LogP contribution in [0.25, 0.3) is 0 Å². The maximum absolute atomic E-state index is 6.04.